The van der Waals surface area contributed by atoms with Crippen LogP contribution < -0.4 is 10.6 Å². The highest BCUT2D eigenvalue weighted by atomic mass is 32.2. The Labute approximate surface area is 181 Å². The number of sulfonamides is 1. The number of esters is 1. The summed E-state index contributed by atoms with van der Waals surface area (Å²) in [5.74, 6) is -1.64. The van der Waals surface area contributed by atoms with Gasteiger partial charge in [-0.3, -0.25) is 9.59 Å². The molecular formula is C21H25N3O6S. The highest BCUT2D eigenvalue weighted by Crippen LogP contribution is 2.22. The molecule has 0 saturated heterocycles. The number of aryl methyl sites for hydroxylation is 1. The van der Waals surface area contributed by atoms with Gasteiger partial charge in [-0.25, -0.2) is 17.5 Å². The molecule has 31 heavy (non-hydrogen) atoms. The lowest BCUT2D eigenvalue weighted by Gasteiger charge is -2.17. The normalized spacial score (nSPS) is 12.2. The molecule has 1 atom stereocenters. The van der Waals surface area contributed by atoms with Gasteiger partial charge in [0.2, 0.25) is 15.9 Å². The molecule has 0 aromatic heterocycles. The third-order valence-corrected chi connectivity index (χ3v) is 6.13. The van der Waals surface area contributed by atoms with Gasteiger partial charge in [0.05, 0.1) is 10.5 Å². The van der Waals surface area contributed by atoms with E-state index in [1.54, 1.807) is 25.1 Å². The van der Waals surface area contributed by atoms with Crippen molar-refractivity contribution >= 4 is 39.2 Å². The maximum atomic E-state index is 12.5. The Morgan fingerprint density at radius 2 is 1.71 bits per heavy atom. The second-order valence-corrected chi connectivity index (χ2v) is 9.21. The molecule has 2 rings (SSSR count). The first kappa shape index (κ1) is 24.0. The molecule has 166 valence electrons. The number of nitrogens with zero attached hydrogens (tertiary/aromatic N) is 1. The summed E-state index contributed by atoms with van der Waals surface area (Å²) >= 11 is 0. The highest BCUT2D eigenvalue weighted by molar-refractivity contribution is 7.89. The lowest BCUT2D eigenvalue weighted by Crippen LogP contribution is -2.30. The summed E-state index contributed by atoms with van der Waals surface area (Å²) in [4.78, 5) is 36.1. The Hall–Kier alpha value is -3.24. The van der Waals surface area contributed by atoms with E-state index >= 15 is 0 Å². The number of rotatable bonds is 7. The maximum Gasteiger partial charge on any atom is 0.338 e. The zero-order valence-electron chi connectivity index (χ0n) is 17.9. The van der Waals surface area contributed by atoms with Crippen molar-refractivity contribution in [3.8, 4) is 0 Å². The Morgan fingerprint density at radius 3 is 2.32 bits per heavy atom. The maximum absolute atomic E-state index is 12.5. The fourth-order valence-electron chi connectivity index (χ4n) is 2.55. The highest BCUT2D eigenvalue weighted by Gasteiger charge is 2.22. The number of carbonyl (C=O) groups is 3. The SMILES string of the molecule is CC(=O)Nc1cccc(C(=O)OC(C)C(=O)Nc2cc(S(=O)(=O)N(C)C)ccc2C)c1. The van der Waals surface area contributed by atoms with E-state index in [1.807, 2.05) is 0 Å². The monoisotopic (exact) mass is 447 g/mol. The summed E-state index contributed by atoms with van der Waals surface area (Å²) in [7, 11) is -0.848. The van der Waals surface area contributed by atoms with Gasteiger partial charge in [0, 0.05) is 32.4 Å². The smallest absolute Gasteiger partial charge is 0.338 e. The molecule has 2 amide bonds. The Morgan fingerprint density at radius 1 is 1.03 bits per heavy atom. The zero-order valence-corrected chi connectivity index (χ0v) is 18.7. The van der Waals surface area contributed by atoms with Crippen LogP contribution in [-0.2, 0) is 24.3 Å². The van der Waals surface area contributed by atoms with Crippen molar-refractivity contribution in [1.29, 1.82) is 0 Å². The fourth-order valence-corrected chi connectivity index (χ4v) is 3.48. The van der Waals surface area contributed by atoms with E-state index in [1.165, 1.54) is 52.2 Å². The van der Waals surface area contributed by atoms with Crippen molar-refractivity contribution in [2.75, 3.05) is 24.7 Å². The van der Waals surface area contributed by atoms with E-state index in [2.05, 4.69) is 10.6 Å². The number of hydrogen-bond acceptors (Lipinski definition) is 6. The Kier molecular flexibility index (Phi) is 7.53. The molecule has 1 unspecified atom stereocenters. The third kappa shape index (κ3) is 6.12. The third-order valence-electron chi connectivity index (χ3n) is 4.32. The van der Waals surface area contributed by atoms with Crippen molar-refractivity contribution in [3.63, 3.8) is 0 Å². The average Bonchev–Trinajstić information content (AvgIpc) is 2.68. The van der Waals surface area contributed by atoms with Crippen LogP contribution in [0, 0.1) is 6.92 Å². The van der Waals surface area contributed by atoms with Crippen molar-refractivity contribution in [1.82, 2.24) is 4.31 Å². The molecule has 0 aliphatic heterocycles. The van der Waals surface area contributed by atoms with Crippen LogP contribution in [0.4, 0.5) is 11.4 Å². The summed E-state index contributed by atoms with van der Waals surface area (Å²) < 4.78 is 30.9. The van der Waals surface area contributed by atoms with Gasteiger partial charge in [-0.15, -0.1) is 0 Å². The summed E-state index contributed by atoms with van der Waals surface area (Å²) in [5, 5.41) is 5.16. The van der Waals surface area contributed by atoms with E-state index < -0.39 is 28.0 Å². The van der Waals surface area contributed by atoms with Crippen molar-refractivity contribution < 1.29 is 27.5 Å². The van der Waals surface area contributed by atoms with Gasteiger partial charge >= 0.3 is 5.97 Å². The molecule has 9 nitrogen and oxygen atoms in total. The molecule has 0 radical (unpaired) electrons. The molecule has 0 saturated carbocycles. The number of nitrogens with one attached hydrogen (secondary N) is 2. The number of amides is 2. The van der Waals surface area contributed by atoms with Crippen LogP contribution >= 0.6 is 0 Å². The van der Waals surface area contributed by atoms with Gasteiger partial charge in [-0.05, 0) is 49.7 Å². The molecule has 0 fully saturated rings. The van der Waals surface area contributed by atoms with Crippen molar-refractivity contribution in [2.45, 2.75) is 31.8 Å². The summed E-state index contributed by atoms with van der Waals surface area (Å²) in [6.45, 7) is 4.46. The van der Waals surface area contributed by atoms with E-state index in [9.17, 15) is 22.8 Å². The lowest BCUT2D eigenvalue weighted by atomic mass is 10.2. The fraction of sp³-hybridized carbons (Fsp3) is 0.286. The van der Waals surface area contributed by atoms with Crippen LogP contribution in [0.15, 0.2) is 47.4 Å². The minimum Gasteiger partial charge on any atom is -0.449 e. The lowest BCUT2D eigenvalue weighted by molar-refractivity contribution is -0.123. The van der Waals surface area contributed by atoms with Gasteiger partial charge in [-0.1, -0.05) is 12.1 Å². The molecule has 0 aliphatic carbocycles. The first-order valence-electron chi connectivity index (χ1n) is 9.34. The predicted molar refractivity (Wildman–Crippen MR) is 116 cm³/mol. The van der Waals surface area contributed by atoms with Gasteiger partial charge in [0.1, 0.15) is 0 Å². The minimum absolute atomic E-state index is 0.0258. The van der Waals surface area contributed by atoms with Gasteiger partial charge in [0.25, 0.3) is 5.91 Å². The molecule has 10 heteroatoms. The van der Waals surface area contributed by atoms with Crippen LogP contribution in [0.25, 0.3) is 0 Å². The number of anilines is 2. The average molecular weight is 448 g/mol. The second-order valence-electron chi connectivity index (χ2n) is 7.06. The van der Waals surface area contributed by atoms with E-state index in [0.717, 1.165) is 4.31 Å². The minimum atomic E-state index is -3.67. The summed E-state index contributed by atoms with van der Waals surface area (Å²) in [6.07, 6.45) is -1.15. The molecule has 2 N–H and O–H groups in total. The van der Waals surface area contributed by atoms with Crippen LogP contribution in [0.2, 0.25) is 0 Å². The van der Waals surface area contributed by atoms with E-state index in [4.69, 9.17) is 4.74 Å². The topological polar surface area (TPSA) is 122 Å². The van der Waals surface area contributed by atoms with Gasteiger partial charge in [0.15, 0.2) is 6.10 Å². The molecule has 0 heterocycles. The van der Waals surface area contributed by atoms with Crippen molar-refractivity contribution in [2.24, 2.45) is 0 Å². The number of hydrogen-bond donors (Lipinski definition) is 2. The molecule has 0 aliphatic rings. The molecular weight excluding hydrogens is 422 g/mol. The summed E-state index contributed by atoms with van der Waals surface area (Å²) in [6, 6.07) is 10.5. The van der Waals surface area contributed by atoms with E-state index in [0.29, 0.717) is 16.9 Å². The number of carbonyl (C=O) groups excluding carboxylic acids is 3. The standard InChI is InChI=1S/C21H25N3O6S/c1-13-9-10-18(31(28,29)24(4)5)12-19(13)23-20(26)14(2)30-21(27)16-7-6-8-17(11-16)22-15(3)25/h6-12,14H,1-5H3,(H,22,25)(H,23,26). The zero-order chi connectivity index (χ0) is 23.3. The molecule has 2 aromatic carbocycles. The van der Waals surface area contributed by atoms with Crippen LogP contribution in [0.5, 0.6) is 0 Å². The number of benzene rings is 2. The number of ether oxygens (including phenoxy) is 1. The van der Waals surface area contributed by atoms with Crippen LogP contribution in [-0.4, -0.2) is 50.7 Å². The van der Waals surface area contributed by atoms with Gasteiger partial charge in [-0.2, -0.15) is 0 Å². The molecule has 2 aromatic rings. The first-order chi connectivity index (χ1) is 14.4. The van der Waals surface area contributed by atoms with Gasteiger partial charge < -0.3 is 15.4 Å². The van der Waals surface area contributed by atoms with Crippen molar-refractivity contribution in [3.05, 3.63) is 53.6 Å². The second kappa shape index (κ2) is 9.71. The first-order valence-corrected chi connectivity index (χ1v) is 10.8. The van der Waals surface area contributed by atoms with E-state index in [-0.39, 0.29) is 16.4 Å². The Bertz CT molecular complexity index is 1110. The Balaban J connectivity index is 2.13. The summed E-state index contributed by atoms with van der Waals surface area (Å²) in [5.41, 5.74) is 1.53. The largest absolute Gasteiger partial charge is 0.449 e. The predicted octanol–water partition coefficient (Wildman–Crippen LogP) is 2.39. The van der Waals surface area contributed by atoms with Crippen LogP contribution in [0.3, 0.4) is 0 Å². The van der Waals surface area contributed by atoms with Crippen LogP contribution in [0.1, 0.15) is 29.8 Å². The molecule has 0 spiro atoms. The quantitative estimate of drug-likeness (QED) is 0.629. The molecule has 0 bridgehead atoms.